The third kappa shape index (κ3) is 4.05. The van der Waals surface area contributed by atoms with E-state index in [0.717, 1.165) is 16.9 Å². The number of rotatable bonds is 6. The SMILES string of the molecule is Cc1ccc(C(CNC(=O)c2sccc2C)NC(=O)c2sccc2C)o1. The van der Waals surface area contributed by atoms with Gasteiger partial charge < -0.3 is 15.1 Å². The van der Waals surface area contributed by atoms with E-state index >= 15 is 0 Å². The monoisotopic (exact) mass is 388 g/mol. The number of aryl methyl sites for hydroxylation is 3. The van der Waals surface area contributed by atoms with Crippen LogP contribution in [0, 0.1) is 20.8 Å². The third-order valence-electron chi connectivity index (χ3n) is 4.01. The van der Waals surface area contributed by atoms with E-state index in [-0.39, 0.29) is 18.4 Å². The van der Waals surface area contributed by atoms with E-state index in [4.69, 9.17) is 4.42 Å². The lowest BCUT2D eigenvalue weighted by Gasteiger charge is -2.17. The van der Waals surface area contributed by atoms with E-state index < -0.39 is 6.04 Å². The topological polar surface area (TPSA) is 71.3 Å². The molecule has 1 unspecified atom stereocenters. The van der Waals surface area contributed by atoms with E-state index in [1.807, 2.05) is 55.8 Å². The lowest BCUT2D eigenvalue weighted by Crippen LogP contribution is -2.37. The average molecular weight is 389 g/mol. The van der Waals surface area contributed by atoms with Gasteiger partial charge in [-0.05, 0) is 66.9 Å². The summed E-state index contributed by atoms with van der Waals surface area (Å²) < 4.78 is 5.68. The van der Waals surface area contributed by atoms with Gasteiger partial charge in [0.2, 0.25) is 0 Å². The van der Waals surface area contributed by atoms with E-state index in [2.05, 4.69) is 10.6 Å². The fourth-order valence-corrected chi connectivity index (χ4v) is 4.24. The smallest absolute Gasteiger partial charge is 0.262 e. The van der Waals surface area contributed by atoms with Gasteiger partial charge in [0.05, 0.1) is 9.75 Å². The minimum Gasteiger partial charge on any atom is -0.464 e. The molecule has 26 heavy (non-hydrogen) atoms. The predicted molar refractivity (Wildman–Crippen MR) is 104 cm³/mol. The Balaban J connectivity index is 1.74. The van der Waals surface area contributed by atoms with Crippen molar-refractivity contribution in [1.82, 2.24) is 10.6 Å². The summed E-state index contributed by atoms with van der Waals surface area (Å²) in [6.07, 6.45) is 0. The number of carbonyl (C=O) groups is 2. The van der Waals surface area contributed by atoms with Gasteiger partial charge in [-0.3, -0.25) is 9.59 Å². The van der Waals surface area contributed by atoms with Gasteiger partial charge in [0.15, 0.2) is 0 Å². The van der Waals surface area contributed by atoms with Crippen LogP contribution in [0.5, 0.6) is 0 Å². The molecule has 3 heterocycles. The third-order valence-corrected chi connectivity index (χ3v) is 6.04. The standard InChI is InChI=1S/C19H20N2O3S2/c1-11-6-8-25-16(11)18(22)20-10-14(15-5-4-13(3)24-15)21-19(23)17-12(2)7-9-26-17/h4-9,14H,10H2,1-3H3,(H,20,22)(H,21,23). The first-order valence-electron chi connectivity index (χ1n) is 8.19. The van der Waals surface area contributed by atoms with Crippen LogP contribution in [0.15, 0.2) is 39.4 Å². The van der Waals surface area contributed by atoms with Crippen molar-refractivity contribution in [3.8, 4) is 0 Å². The zero-order valence-electron chi connectivity index (χ0n) is 14.8. The van der Waals surface area contributed by atoms with Gasteiger partial charge in [-0.15, -0.1) is 22.7 Å². The largest absolute Gasteiger partial charge is 0.464 e. The summed E-state index contributed by atoms with van der Waals surface area (Å²) in [5.41, 5.74) is 1.87. The molecule has 0 bridgehead atoms. The van der Waals surface area contributed by atoms with Crippen LogP contribution in [0.2, 0.25) is 0 Å². The molecule has 5 nitrogen and oxygen atoms in total. The number of carbonyl (C=O) groups excluding carboxylic acids is 2. The molecule has 0 radical (unpaired) electrons. The molecule has 0 aliphatic carbocycles. The van der Waals surface area contributed by atoms with Gasteiger partial charge >= 0.3 is 0 Å². The van der Waals surface area contributed by atoms with Gasteiger partial charge in [-0.1, -0.05) is 0 Å². The highest BCUT2D eigenvalue weighted by Gasteiger charge is 2.22. The van der Waals surface area contributed by atoms with Crippen molar-refractivity contribution < 1.29 is 14.0 Å². The summed E-state index contributed by atoms with van der Waals surface area (Å²) in [5, 5.41) is 9.65. The normalized spacial score (nSPS) is 12.0. The summed E-state index contributed by atoms with van der Waals surface area (Å²) in [4.78, 5) is 26.3. The van der Waals surface area contributed by atoms with Crippen LogP contribution in [0.1, 0.15) is 48.0 Å². The van der Waals surface area contributed by atoms with Crippen molar-refractivity contribution in [2.75, 3.05) is 6.54 Å². The highest BCUT2D eigenvalue weighted by atomic mass is 32.1. The molecule has 0 aliphatic rings. The molecule has 7 heteroatoms. The molecular weight excluding hydrogens is 368 g/mol. The highest BCUT2D eigenvalue weighted by molar-refractivity contribution is 7.12. The summed E-state index contributed by atoms with van der Waals surface area (Å²) >= 11 is 2.80. The highest BCUT2D eigenvalue weighted by Crippen LogP contribution is 2.21. The van der Waals surface area contributed by atoms with E-state index in [1.54, 1.807) is 0 Å². The van der Waals surface area contributed by atoms with Crippen molar-refractivity contribution >= 4 is 34.5 Å². The fraction of sp³-hybridized carbons (Fsp3) is 0.263. The van der Waals surface area contributed by atoms with Gasteiger partial charge in [0.25, 0.3) is 11.8 Å². The Kier molecular flexibility index (Phi) is 5.58. The molecule has 3 aromatic heterocycles. The van der Waals surface area contributed by atoms with E-state index in [1.165, 1.54) is 22.7 Å². The second-order valence-corrected chi connectivity index (χ2v) is 7.88. The lowest BCUT2D eigenvalue weighted by atomic mass is 10.2. The Hall–Kier alpha value is -2.38. The quantitative estimate of drug-likeness (QED) is 0.664. The molecule has 3 aromatic rings. The minimum atomic E-state index is -0.443. The number of amides is 2. The second kappa shape index (κ2) is 7.88. The fourth-order valence-electron chi connectivity index (χ4n) is 2.57. The predicted octanol–water partition coefficient (Wildman–Crippen LogP) is 4.23. The maximum Gasteiger partial charge on any atom is 0.262 e. The van der Waals surface area contributed by atoms with Crippen LogP contribution >= 0.6 is 22.7 Å². The second-order valence-electron chi connectivity index (χ2n) is 6.05. The number of thiophene rings is 2. The van der Waals surface area contributed by atoms with Crippen LogP contribution in [0.25, 0.3) is 0 Å². The van der Waals surface area contributed by atoms with Crippen molar-refractivity contribution in [3.05, 3.63) is 67.4 Å². The molecule has 2 amide bonds. The number of nitrogens with one attached hydrogen (secondary N) is 2. The Bertz CT molecular complexity index is 923. The van der Waals surface area contributed by atoms with Crippen LogP contribution in [-0.2, 0) is 0 Å². The van der Waals surface area contributed by atoms with Crippen LogP contribution < -0.4 is 10.6 Å². The molecule has 2 N–H and O–H groups in total. The molecule has 1 atom stereocenters. The first kappa shape index (κ1) is 18.4. The van der Waals surface area contributed by atoms with Crippen molar-refractivity contribution in [2.24, 2.45) is 0 Å². The summed E-state index contributed by atoms with van der Waals surface area (Å²) in [7, 11) is 0. The van der Waals surface area contributed by atoms with Gasteiger partial charge in [-0.25, -0.2) is 0 Å². The summed E-state index contributed by atoms with van der Waals surface area (Å²) in [6, 6.07) is 7.04. The first-order valence-corrected chi connectivity index (χ1v) is 9.95. The number of hydrogen-bond donors (Lipinski definition) is 2. The maximum absolute atomic E-state index is 12.6. The molecule has 136 valence electrons. The van der Waals surface area contributed by atoms with Crippen molar-refractivity contribution in [3.63, 3.8) is 0 Å². The van der Waals surface area contributed by atoms with Crippen LogP contribution in [0.3, 0.4) is 0 Å². The maximum atomic E-state index is 12.6. The summed E-state index contributed by atoms with van der Waals surface area (Å²) in [6.45, 7) is 5.90. The first-order chi connectivity index (χ1) is 12.5. The Labute approximate surface area is 160 Å². The van der Waals surface area contributed by atoms with Crippen molar-refractivity contribution in [1.29, 1.82) is 0 Å². The molecule has 0 aliphatic heterocycles. The molecule has 0 spiro atoms. The lowest BCUT2D eigenvalue weighted by molar-refractivity contribution is 0.0906. The van der Waals surface area contributed by atoms with E-state index in [9.17, 15) is 9.59 Å². The van der Waals surface area contributed by atoms with Gasteiger partial charge in [0.1, 0.15) is 17.6 Å². The molecular formula is C19H20N2O3S2. The van der Waals surface area contributed by atoms with E-state index in [0.29, 0.717) is 15.5 Å². The molecule has 0 saturated heterocycles. The van der Waals surface area contributed by atoms with Gasteiger partial charge in [0, 0.05) is 6.54 Å². The van der Waals surface area contributed by atoms with Crippen molar-refractivity contribution in [2.45, 2.75) is 26.8 Å². The molecule has 3 rings (SSSR count). The Morgan fingerprint density at radius 2 is 1.58 bits per heavy atom. The molecule has 0 fully saturated rings. The zero-order chi connectivity index (χ0) is 18.7. The number of hydrogen-bond acceptors (Lipinski definition) is 5. The zero-order valence-corrected chi connectivity index (χ0v) is 16.4. The number of furan rings is 1. The molecule has 0 saturated carbocycles. The van der Waals surface area contributed by atoms with Crippen LogP contribution in [0.4, 0.5) is 0 Å². The van der Waals surface area contributed by atoms with Gasteiger partial charge in [-0.2, -0.15) is 0 Å². The minimum absolute atomic E-state index is 0.146. The Morgan fingerprint density at radius 1 is 0.962 bits per heavy atom. The summed E-state index contributed by atoms with van der Waals surface area (Å²) in [5.74, 6) is 1.06. The average Bonchev–Trinajstić information content (AvgIpc) is 3.32. The molecule has 0 aromatic carbocycles. The van der Waals surface area contributed by atoms with Crippen LogP contribution in [-0.4, -0.2) is 18.4 Å². The Morgan fingerprint density at radius 3 is 2.08 bits per heavy atom.